The molecule has 0 spiro atoms. The Kier molecular flexibility index (Phi) is 4.36. The van der Waals surface area contributed by atoms with Crippen molar-refractivity contribution in [2.45, 2.75) is 50.9 Å². The van der Waals surface area contributed by atoms with Crippen LogP contribution in [0, 0.1) is 0 Å². The van der Waals surface area contributed by atoms with Crippen LogP contribution in [0.2, 0.25) is 0 Å². The molecule has 1 aromatic rings. The van der Waals surface area contributed by atoms with Gasteiger partial charge in [-0.2, -0.15) is 0 Å². The molecule has 0 aromatic carbocycles. The summed E-state index contributed by atoms with van der Waals surface area (Å²) >= 11 is 1.75. The van der Waals surface area contributed by atoms with Crippen LogP contribution in [0.25, 0.3) is 0 Å². The molecule has 20 heavy (non-hydrogen) atoms. The molecule has 5 heteroatoms. The molecule has 0 unspecified atom stereocenters. The van der Waals surface area contributed by atoms with Crippen LogP contribution in [-0.4, -0.2) is 40.6 Å². The van der Waals surface area contributed by atoms with E-state index in [0.29, 0.717) is 12.3 Å². The van der Waals surface area contributed by atoms with Gasteiger partial charge in [0.25, 0.3) is 0 Å². The molecule has 1 N–H and O–H groups in total. The molecule has 3 rings (SSSR count). The summed E-state index contributed by atoms with van der Waals surface area (Å²) in [7, 11) is 0. The van der Waals surface area contributed by atoms with E-state index >= 15 is 0 Å². The smallest absolute Gasteiger partial charge is 0.303 e. The van der Waals surface area contributed by atoms with E-state index in [-0.39, 0.29) is 6.42 Å². The van der Waals surface area contributed by atoms with Crippen LogP contribution in [0.4, 0.5) is 0 Å². The van der Waals surface area contributed by atoms with Crippen LogP contribution in [-0.2, 0) is 17.6 Å². The minimum Gasteiger partial charge on any atom is -0.481 e. The first-order chi connectivity index (χ1) is 9.72. The van der Waals surface area contributed by atoms with Gasteiger partial charge < -0.3 is 10.0 Å². The number of hydrogen-bond acceptors (Lipinski definition) is 4. The minimum absolute atomic E-state index is 0.230. The molecule has 4 nitrogen and oxygen atoms in total. The molecular weight excluding hydrogens is 272 g/mol. The highest BCUT2D eigenvalue weighted by atomic mass is 32.1. The Balaban J connectivity index is 1.61. The third-order valence-electron chi connectivity index (χ3n) is 4.14. The second kappa shape index (κ2) is 6.22. The largest absolute Gasteiger partial charge is 0.481 e. The van der Waals surface area contributed by atoms with Crippen molar-refractivity contribution < 1.29 is 9.90 Å². The van der Waals surface area contributed by atoms with Gasteiger partial charge in [0.2, 0.25) is 0 Å². The third-order valence-corrected chi connectivity index (χ3v) is 5.33. The molecule has 1 saturated heterocycles. The SMILES string of the molecule is O=C(O)CCc1sc(CCN2CCCC2)nc1C1CC1. The van der Waals surface area contributed by atoms with E-state index in [1.54, 1.807) is 11.3 Å². The zero-order chi connectivity index (χ0) is 13.9. The number of carboxylic acid groups (broad SMARTS) is 1. The Labute approximate surface area is 123 Å². The quantitative estimate of drug-likeness (QED) is 0.840. The molecule has 1 aromatic heterocycles. The number of rotatable bonds is 7. The lowest BCUT2D eigenvalue weighted by molar-refractivity contribution is -0.136. The van der Waals surface area contributed by atoms with Crippen molar-refractivity contribution in [1.29, 1.82) is 0 Å². The summed E-state index contributed by atoms with van der Waals surface area (Å²) in [5.74, 6) is -0.0886. The fourth-order valence-electron chi connectivity index (χ4n) is 2.86. The molecular formula is C15H22N2O2S. The number of thiazole rings is 1. The van der Waals surface area contributed by atoms with Gasteiger partial charge in [-0.25, -0.2) is 4.98 Å². The number of carboxylic acids is 1. The molecule has 0 bridgehead atoms. The molecule has 0 amide bonds. The van der Waals surface area contributed by atoms with Gasteiger partial charge in [-0.1, -0.05) is 0 Å². The van der Waals surface area contributed by atoms with Crippen LogP contribution in [0.5, 0.6) is 0 Å². The van der Waals surface area contributed by atoms with Crippen molar-refractivity contribution in [2.75, 3.05) is 19.6 Å². The predicted octanol–water partition coefficient (Wildman–Crippen LogP) is 2.68. The Morgan fingerprint density at radius 3 is 2.70 bits per heavy atom. The van der Waals surface area contributed by atoms with Gasteiger partial charge in [-0.05, 0) is 45.2 Å². The topological polar surface area (TPSA) is 53.4 Å². The lowest BCUT2D eigenvalue weighted by Crippen LogP contribution is -2.21. The highest BCUT2D eigenvalue weighted by Gasteiger charge is 2.29. The molecule has 2 aliphatic rings. The van der Waals surface area contributed by atoms with Gasteiger partial charge in [0.15, 0.2) is 0 Å². The average molecular weight is 294 g/mol. The number of aliphatic carboxylic acids is 1. The molecule has 1 aliphatic heterocycles. The Hall–Kier alpha value is -0.940. The van der Waals surface area contributed by atoms with Crippen LogP contribution in [0.1, 0.15) is 53.6 Å². The fraction of sp³-hybridized carbons (Fsp3) is 0.733. The lowest BCUT2D eigenvalue weighted by Gasteiger charge is -2.12. The standard InChI is InChI=1S/C15H22N2O2S/c18-14(19)6-5-12-15(11-3-4-11)16-13(20-12)7-10-17-8-1-2-9-17/h11H,1-10H2,(H,18,19). The van der Waals surface area contributed by atoms with Crippen molar-refractivity contribution in [3.05, 3.63) is 15.6 Å². The Bertz CT molecular complexity index is 476. The number of aryl methyl sites for hydroxylation is 1. The van der Waals surface area contributed by atoms with Gasteiger partial charge in [0.05, 0.1) is 17.1 Å². The predicted molar refractivity (Wildman–Crippen MR) is 79.4 cm³/mol. The molecule has 1 saturated carbocycles. The molecule has 2 heterocycles. The maximum Gasteiger partial charge on any atom is 0.303 e. The lowest BCUT2D eigenvalue weighted by atomic mass is 10.2. The van der Waals surface area contributed by atoms with Gasteiger partial charge in [0, 0.05) is 23.8 Å². The van der Waals surface area contributed by atoms with Gasteiger partial charge in [0.1, 0.15) is 0 Å². The van der Waals surface area contributed by atoms with Crippen LogP contribution in [0.3, 0.4) is 0 Å². The van der Waals surface area contributed by atoms with Crippen LogP contribution >= 0.6 is 11.3 Å². The second-order valence-corrected chi connectivity index (χ2v) is 7.05. The van der Waals surface area contributed by atoms with E-state index in [1.807, 2.05) is 0 Å². The van der Waals surface area contributed by atoms with Gasteiger partial charge in [-0.3, -0.25) is 4.79 Å². The van der Waals surface area contributed by atoms with E-state index in [0.717, 1.165) is 13.0 Å². The van der Waals surface area contributed by atoms with Crippen molar-refractivity contribution in [1.82, 2.24) is 9.88 Å². The molecule has 0 atom stereocenters. The van der Waals surface area contributed by atoms with Crippen molar-refractivity contribution in [3.8, 4) is 0 Å². The fourth-order valence-corrected chi connectivity index (χ4v) is 4.00. The summed E-state index contributed by atoms with van der Waals surface area (Å²) in [6.45, 7) is 3.56. The number of aromatic nitrogens is 1. The van der Waals surface area contributed by atoms with E-state index in [4.69, 9.17) is 10.1 Å². The van der Waals surface area contributed by atoms with Crippen LogP contribution < -0.4 is 0 Å². The summed E-state index contributed by atoms with van der Waals surface area (Å²) in [5.41, 5.74) is 1.22. The zero-order valence-electron chi connectivity index (χ0n) is 11.8. The summed E-state index contributed by atoms with van der Waals surface area (Å²) in [6, 6.07) is 0. The van der Waals surface area contributed by atoms with E-state index < -0.39 is 5.97 Å². The average Bonchev–Trinajstić information content (AvgIpc) is 2.99. The minimum atomic E-state index is -0.709. The summed E-state index contributed by atoms with van der Waals surface area (Å²) in [5, 5.41) is 10.1. The third kappa shape index (κ3) is 3.58. The summed E-state index contributed by atoms with van der Waals surface area (Å²) in [4.78, 5) is 19.3. The highest BCUT2D eigenvalue weighted by Crippen LogP contribution is 2.43. The van der Waals surface area contributed by atoms with E-state index in [9.17, 15) is 4.79 Å². The first-order valence-electron chi connectivity index (χ1n) is 7.65. The van der Waals surface area contributed by atoms with Crippen molar-refractivity contribution in [3.63, 3.8) is 0 Å². The maximum absolute atomic E-state index is 10.8. The molecule has 110 valence electrons. The monoisotopic (exact) mass is 294 g/mol. The second-order valence-electron chi connectivity index (χ2n) is 5.88. The Morgan fingerprint density at radius 2 is 2.05 bits per heavy atom. The highest BCUT2D eigenvalue weighted by molar-refractivity contribution is 7.11. The number of nitrogens with zero attached hydrogens (tertiary/aromatic N) is 2. The summed E-state index contributed by atoms with van der Waals surface area (Å²) in [6.07, 6.45) is 7.03. The number of hydrogen-bond donors (Lipinski definition) is 1. The number of likely N-dealkylation sites (tertiary alicyclic amines) is 1. The zero-order valence-corrected chi connectivity index (χ0v) is 12.6. The van der Waals surface area contributed by atoms with Crippen molar-refractivity contribution >= 4 is 17.3 Å². The van der Waals surface area contributed by atoms with E-state index in [2.05, 4.69) is 4.90 Å². The van der Waals surface area contributed by atoms with Crippen molar-refractivity contribution in [2.24, 2.45) is 0 Å². The first-order valence-corrected chi connectivity index (χ1v) is 8.46. The molecule has 0 radical (unpaired) electrons. The first kappa shape index (κ1) is 14.0. The van der Waals surface area contributed by atoms with Gasteiger partial charge in [-0.15, -0.1) is 11.3 Å². The van der Waals surface area contributed by atoms with Gasteiger partial charge >= 0.3 is 5.97 Å². The summed E-state index contributed by atoms with van der Waals surface area (Å²) < 4.78 is 0. The number of carbonyl (C=O) groups is 1. The molecule has 1 aliphatic carbocycles. The van der Waals surface area contributed by atoms with Crippen LogP contribution in [0.15, 0.2) is 0 Å². The molecule has 2 fully saturated rings. The van der Waals surface area contributed by atoms with E-state index in [1.165, 1.54) is 54.4 Å². The Morgan fingerprint density at radius 1 is 1.30 bits per heavy atom. The normalized spacial score (nSPS) is 19.6. The maximum atomic E-state index is 10.8.